The van der Waals surface area contributed by atoms with Crippen LogP contribution < -0.4 is 15.4 Å². The van der Waals surface area contributed by atoms with Crippen LogP contribution in [0.3, 0.4) is 0 Å². The molecule has 1 fully saturated rings. The van der Waals surface area contributed by atoms with Gasteiger partial charge in [-0.1, -0.05) is 18.2 Å². The van der Waals surface area contributed by atoms with Crippen molar-refractivity contribution in [3.8, 4) is 5.75 Å². The molecule has 39 heavy (non-hydrogen) atoms. The van der Waals surface area contributed by atoms with E-state index in [9.17, 15) is 28.8 Å². The highest BCUT2D eigenvalue weighted by atomic mass is 16.6. The van der Waals surface area contributed by atoms with E-state index in [0.717, 1.165) is 0 Å². The Kier molecular flexibility index (Phi) is 11.9. The second kappa shape index (κ2) is 14.8. The van der Waals surface area contributed by atoms with Crippen molar-refractivity contribution in [3.05, 3.63) is 30.3 Å². The number of amides is 4. The Labute approximate surface area is 228 Å². The molecule has 2 rings (SSSR count). The Hall–Kier alpha value is -3.96. The van der Waals surface area contributed by atoms with E-state index >= 15 is 0 Å². The third-order valence-electron chi connectivity index (χ3n) is 6.32. The Morgan fingerprint density at radius 3 is 2.26 bits per heavy atom. The van der Waals surface area contributed by atoms with Gasteiger partial charge < -0.3 is 25.0 Å². The van der Waals surface area contributed by atoms with Crippen molar-refractivity contribution in [3.63, 3.8) is 0 Å². The summed E-state index contributed by atoms with van der Waals surface area (Å²) in [5, 5.41) is 5.04. The number of carbonyl (C=O) groups is 6. The fourth-order valence-electron chi connectivity index (χ4n) is 4.09. The average Bonchev–Trinajstić information content (AvgIpc) is 3.40. The molecule has 12 nitrogen and oxygen atoms in total. The summed E-state index contributed by atoms with van der Waals surface area (Å²) in [5.74, 6) is -2.01. The third kappa shape index (κ3) is 9.38. The number of ketones is 1. The standard InChI is InChI=1S/C27H38N4O8/c1-17(2)31(27(37)39-20-10-7-6-8-11-20)16-22(32)21-12-9-15-30(21)26(36)19(4)29-25(35)18(3)28-23(33)13-14-24(34)38-5/h6-8,10-11,17-19,21H,9,12-16H2,1-5H3,(H,28,33)(H,29,35)/t18-,19-,21-/m0/s1. The Morgan fingerprint density at radius 2 is 1.64 bits per heavy atom. The zero-order chi connectivity index (χ0) is 29.1. The molecule has 1 heterocycles. The molecule has 1 aromatic rings. The molecule has 3 atom stereocenters. The number of nitrogens with zero attached hydrogens (tertiary/aromatic N) is 2. The van der Waals surface area contributed by atoms with Crippen molar-refractivity contribution in [1.82, 2.24) is 20.4 Å². The van der Waals surface area contributed by atoms with Crippen LogP contribution in [0.2, 0.25) is 0 Å². The fourth-order valence-corrected chi connectivity index (χ4v) is 4.09. The van der Waals surface area contributed by atoms with Gasteiger partial charge >= 0.3 is 12.1 Å². The molecule has 0 aliphatic carbocycles. The summed E-state index contributed by atoms with van der Waals surface area (Å²) in [6, 6.07) is 5.57. The largest absolute Gasteiger partial charge is 0.469 e. The normalized spacial score (nSPS) is 16.2. The minimum atomic E-state index is -0.954. The smallest absolute Gasteiger partial charge is 0.415 e. The lowest BCUT2D eigenvalue weighted by molar-refractivity contribution is -0.142. The minimum absolute atomic E-state index is 0.117. The van der Waals surface area contributed by atoms with E-state index < -0.39 is 47.9 Å². The van der Waals surface area contributed by atoms with Crippen LogP contribution in [0.5, 0.6) is 5.75 Å². The molecule has 0 radical (unpaired) electrons. The van der Waals surface area contributed by atoms with Gasteiger partial charge in [-0.05, 0) is 52.7 Å². The molecular weight excluding hydrogens is 508 g/mol. The van der Waals surface area contributed by atoms with Crippen LogP contribution >= 0.6 is 0 Å². The second-order valence-corrected chi connectivity index (χ2v) is 9.65. The van der Waals surface area contributed by atoms with Gasteiger partial charge in [0.2, 0.25) is 17.7 Å². The number of hydrogen-bond acceptors (Lipinski definition) is 8. The maximum atomic E-state index is 13.2. The number of Topliss-reactive ketones (excluding diaryl/α,β-unsaturated/α-hetero) is 1. The first-order valence-electron chi connectivity index (χ1n) is 13.0. The number of methoxy groups -OCH3 is 1. The molecule has 0 unspecified atom stereocenters. The molecular formula is C27H38N4O8. The molecule has 2 N–H and O–H groups in total. The second-order valence-electron chi connectivity index (χ2n) is 9.65. The van der Waals surface area contributed by atoms with E-state index in [1.165, 1.54) is 30.8 Å². The summed E-state index contributed by atoms with van der Waals surface area (Å²) >= 11 is 0. The maximum absolute atomic E-state index is 13.2. The van der Waals surface area contributed by atoms with Crippen LogP contribution in [-0.2, 0) is 28.7 Å². The number of ether oxygens (including phenoxy) is 2. The van der Waals surface area contributed by atoms with Gasteiger partial charge in [-0.3, -0.25) is 28.9 Å². The number of carbonyl (C=O) groups excluding carboxylic acids is 6. The molecule has 0 aromatic heterocycles. The topological polar surface area (TPSA) is 151 Å². The Morgan fingerprint density at radius 1 is 0.974 bits per heavy atom. The zero-order valence-electron chi connectivity index (χ0n) is 23.1. The van der Waals surface area contributed by atoms with Gasteiger partial charge in [-0.25, -0.2) is 4.79 Å². The van der Waals surface area contributed by atoms with E-state index in [1.54, 1.807) is 44.2 Å². The number of para-hydroxylation sites is 1. The van der Waals surface area contributed by atoms with Crippen molar-refractivity contribution in [2.75, 3.05) is 20.2 Å². The lowest BCUT2D eigenvalue weighted by atomic mass is 10.1. The van der Waals surface area contributed by atoms with E-state index in [0.29, 0.717) is 25.1 Å². The fraction of sp³-hybridized carbons (Fsp3) is 0.556. The van der Waals surface area contributed by atoms with Gasteiger partial charge in [0.1, 0.15) is 17.8 Å². The summed E-state index contributed by atoms with van der Waals surface area (Å²) in [5.41, 5.74) is 0. The number of benzene rings is 1. The molecule has 1 aromatic carbocycles. The van der Waals surface area contributed by atoms with Crippen LogP contribution in [0.4, 0.5) is 4.79 Å². The maximum Gasteiger partial charge on any atom is 0.415 e. The summed E-state index contributed by atoms with van der Waals surface area (Å²) in [7, 11) is 1.22. The van der Waals surface area contributed by atoms with Crippen molar-refractivity contribution < 1.29 is 38.2 Å². The number of esters is 1. The van der Waals surface area contributed by atoms with Crippen molar-refractivity contribution in [2.24, 2.45) is 0 Å². The highest BCUT2D eigenvalue weighted by Gasteiger charge is 2.38. The molecule has 0 bridgehead atoms. The van der Waals surface area contributed by atoms with Crippen LogP contribution in [0.15, 0.2) is 30.3 Å². The quantitative estimate of drug-likeness (QED) is 0.374. The van der Waals surface area contributed by atoms with Gasteiger partial charge in [0, 0.05) is 19.0 Å². The lowest BCUT2D eigenvalue weighted by Gasteiger charge is -2.30. The Bertz CT molecular complexity index is 1050. The van der Waals surface area contributed by atoms with E-state index in [4.69, 9.17) is 4.74 Å². The first kappa shape index (κ1) is 31.3. The third-order valence-corrected chi connectivity index (χ3v) is 6.32. The van der Waals surface area contributed by atoms with Crippen molar-refractivity contribution in [1.29, 1.82) is 0 Å². The molecule has 12 heteroatoms. The average molecular weight is 547 g/mol. The molecule has 214 valence electrons. The van der Waals surface area contributed by atoms with Crippen LogP contribution in [0.25, 0.3) is 0 Å². The predicted molar refractivity (Wildman–Crippen MR) is 141 cm³/mol. The highest BCUT2D eigenvalue weighted by Crippen LogP contribution is 2.21. The summed E-state index contributed by atoms with van der Waals surface area (Å²) < 4.78 is 9.88. The highest BCUT2D eigenvalue weighted by molar-refractivity contribution is 5.96. The van der Waals surface area contributed by atoms with E-state index in [1.807, 2.05) is 0 Å². The van der Waals surface area contributed by atoms with Crippen molar-refractivity contribution in [2.45, 2.75) is 77.5 Å². The first-order valence-corrected chi connectivity index (χ1v) is 13.0. The van der Waals surface area contributed by atoms with Gasteiger partial charge in [0.05, 0.1) is 26.1 Å². The molecule has 4 amide bonds. The van der Waals surface area contributed by atoms with Gasteiger partial charge in [-0.15, -0.1) is 0 Å². The van der Waals surface area contributed by atoms with Crippen LogP contribution in [0.1, 0.15) is 53.4 Å². The van der Waals surface area contributed by atoms with Crippen molar-refractivity contribution >= 4 is 35.6 Å². The minimum Gasteiger partial charge on any atom is -0.469 e. The first-order chi connectivity index (χ1) is 18.4. The summed E-state index contributed by atoms with van der Waals surface area (Å²) in [6.07, 6.45) is 0.128. The predicted octanol–water partition coefficient (Wildman–Crippen LogP) is 1.42. The molecule has 0 saturated carbocycles. The van der Waals surface area contributed by atoms with Gasteiger partial charge in [0.25, 0.3) is 0 Å². The summed E-state index contributed by atoms with van der Waals surface area (Å²) in [4.78, 5) is 77.6. The molecule has 1 saturated heterocycles. The van der Waals surface area contributed by atoms with Crippen LogP contribution in [0, 0.1) is 0 Å². The molecule has 1 aliphatic rings. The van der Waals surface area contributed by atoms with Crippen LogP contribution in [-0.4, -0.2) is 89.7 Å². The zero-order valence-corrected chi connectivity index (χ0v) is 23.1. The number of hydrogen-bond donors (Lipinski definition) is 2. The SMILES string of the molecule is COC(=O)CCC(=O)N[C@@H](C)C(=O)N[C@@H](C)C(=O)N1CCC[C@H]1C(=O)CN(C(=O)Oc1ccccc1)C(C)C. The monoisotopic (exact) mass is 546 g/mol. The number of nitrogens with one attached hydrogen (secondary N) is 2. The van der Waals surface area contributed by atoms with E-state index in [2.05, 4.69) is 15.4 Å². The lowest BCUT2D eigenvalue weighted by Crippen LogP contribution is -2.55. The number of rotatable bonds is 12. The van der Waals surface area contributed by atoms with Gasteiger partial charge in [-0.2, -0.15) is 0 Å². The number of likely N-dealkylation sites (tertiary alicyclic amines) is 1. The summed E-state index contributed by atoms with van der Waals surface area (Å²) in [6.45, 7) is 6.61. The molecule has 0 spiro atoms. The molecule has 1 aliphatic heterocycles. The Balaban J connectivity index is 1.95. The van der Waals surface area contributed by atoms with E-state index in [-0.39, 0.29) is 31.2 Å². The van der Waals surface area contributed by atoms with Gasteiger partial charge in [0.15, 0.2) is 5.78 Å².